The molecule has 1 heterocycles. The largest absolute Gasteiger partial charge is 0.299 e. The smallest absolute Gasteiger partial charge is 0.138 e. The fraction of sp³-hybridized carbons (Fsp3) is 0.333. The maximum atomic E-state index is 11.1. The van der Waals surface area contributed by atoms with Crippen molar-refractivity contribution in [2.75, 3.05) is 0 Å². The minimum Gasteiger partial charge on any atom is -0.299 e. The first-order valence-electron chi connectivity index (χ1n) is 3.85. The van der Waals surface area contributed by atoms with Gasteiger partial charge in [-0.15, -0.1) is 0 Å². The van der Waals surface area contributed by atoms with Crippen molar-refractivity contribution < 1.29 is 4.79 Å². The van der Waals surface area contributed by atoms with Crippen molar-refractivity contribution in [2.45, 2.75) is 19.8 Å². The summed E-state index contributed by atoms with van der Waals surface area (Å²) in [5.41, 5.74) is 0.823. The second kappa shape index (κ2) is 4.36. The molecule has 0 atom stereocenters. The lowest BCUT2D eigenvalue weighted by Crippen LogP contribution is -2.02. The molecule has 0 spiro atoms. The van der Waals surface area contributed by atoms with E-state index in [0.29, 0.717) is 12.8 Å². The third-order valence-electron chi connectivity index (χ3n) is 1.59. The SMILES string of the molecule is CCC(=O)Cc1ncccc1Br. The monoisotopic (exact) mass is 227 g/mol. The Hall–Kier alpha value is -0.700. The number of rotatable bonds is 3. The van der Waals surface area contributed by atoms with Gasteiger partial charge in [0, 0.05) is 23.5 Å². The van der Waals surface area contributed by atoms with Crippen molar-refractivity contribution in [2.24, 2.45) is 0 Å². The molecule has 0 aliphatic carbocycles. The van der Waals surface area contributed by atoms with Gasteiger partial charge in [0.1, 0.15) is 5.78 Å². The van der Waals surface area contributed by atoms with Gasteiger partial charge in [-0.2, -0.15) is 0 Å². The number of halogens is 1. The number of hydrogen-bond donors (Lipinski definition) is 0. The van der Waals surface area contributed by atoms with Crippen molar-refractivity contribution >= 4 is 21.7 Å². The van der Waals surface area contributed by atoms with Crippen LogP contribution in [-0.4, -0.2) is 10.8 Å². The third-order valence-corrected chi connectivity index (χ3v) is 2.32. The predicted molar refractivity (Wildman–Crippen MR) is 50.9 cm³/mol. The lowest BCUT2D eigenvalue weighted by molar-refractivity contribution is -0.118. The molecule has 0 amide bonds. The van der Waals surface area contributed by atoms with E-state index in [2.05, 4.69) is 20.9 Å². The van der Waals surface area contributed by atoms with Crippen LogP contribution in [0.4, 0.5) is 0 Å². The fourth-order valence-electron chi connectivity index (χ4n) is 0.860. The van der Waals surface area contributed by atoms with Crippen molar-refractivity contribution in [1.82, 2.24) is 4.98 Å². The Morgan fingerprint density at radius 3 is 3.00 bits per heavy atom. The van der Waals surface area contributed by atoms with Crippen LogP contribution in [0, 0.1) is 0 Å². The van der Waals surface area contributed by atoms with E-state index < -0.39 is 0 Å². The van der Waals surface area contributed by atoms with Crippen LogP contribution < -0.4 is 0 Å². The van der Waals surface area contributed by atoms with Gasteiger partial charge in [-0.1, -0.05) is 6.92 Å². The Bertz CT molecular complexity index is 286. The second-order valence-corrected chi connectivity index (χ2v) is 3.36. The Labute approximate surface area is 80.1 Å². The molecule has 0 saturated heterocycles. The molecule has 1 rings (SSSR count). The van der Waals surface area contributed by atoms with Crippen molar-refractivity contribution in [3.05, 3.63) is 28.5 Å². The van der Waals surface area contributed by atoms with Crippen LogP contribution in [0.5, 0.6) is 0 Å². The number of carbonyl (C=O) groups is 1. The molecular weight excluding hydrogens is 218 g/mol. The van der Waals surface area contributed by atoms with Gasteiger partial charge in [-0.3, -0.25) is 9.78 Å². The maximum Gasteiger partial charge on any atom is 0.138 e. The number of hydrogen-bond acceptors (Lipinski definition) is 2. The number of ketones is 1. The molecule has 0 aromatic carbocycles. The third kappa shape index (κ3) is 2.41. The fourth-order valence-corrected chi connectivity index (χ4v) is 1.26. The van der Waals surface area contributed by atoms with E-state index in [1.807, 2.05) is 19.1 Å². The molecule has 0 aliphatic rings. The molecule has 1 aromatic heterocycles. The van der Waals surface area contributed by atoms with E-state index in [-0.39, 0.29) is 5.78 Å². The zero-order valence-corrected chi connectivity index (χ0v) is 8.47. The first-order chi connectivity index (χ1) is 5.74. The molecule has 0 radical (unpaired) electrons. The predicted octanol–water partition coefficient (Wildman–Crippen LogP) is 2.37. The maximum absolute atomic E-state index is 11.1. The summed E-state index contributed by atoms with van der Waals surface area (Å²) < 4.78 is 0.909. The first kappa shape index (κ1) is 9.39. The van der Waals surface area contributed by atoms with Crippen molar-refractivity contribution in [3.63, 3.8) is 0 Å². The molecule has 12 heavy (non-hydrogen) atoms. The number of nitrogens with zero attached hydrogens (tertiary/aromatic N) is 1. The normalized spacial score (nSPS) is 9.83. The Balaban J connectivity index is 2.75. The molecular formula is C9H10BrNO. The van der Waals surface area contributed by atoms with E-state index in [1.165, 1.54) is 0 Å². The average molecular weight is 228 g/mol. The van der Waals surface area contributed by atoms with Crippen molar-refractivity contribution in [1.29, 1.82) is 0 Å². The Kier molecular flexibility index (Phi) is 3.41. The van der Waals surface area contributed by atoms with Crippen LogP contribution in [-0.2, 0) is 11.2 Å². The molecule has 0 bridgehead atoms. The highest BCUT2D eigenvalue weighted by Crippen LogP contribution is 2.14. The van der Waals surface area contributed by atoms with E-state index in [9.17, 15) is 4.79 Å². The van der Waals surface area contributed by atoms with Crippen LogP contribution in [0.2, 0.25) is 0 Å². The molecule has 3 heteroatoms. The summed E-state index contributed by atoms with van der Waals surface area (Å²) in [4.78, 5) is 15.2. The van der Waals surface area contributed by atoms with Crippen LogP contribution in [0.1, 0.15) is 19.0 Å². The molecule has 2 nitrogen and oxygen atoms in total. The van der Waals surface area contributed by atoms with Crippen LogP contribution in [0.3, 0.4) is 0 Å². The molecule has 0 aliphatic heterocycles. The highest BCUT2D eigenvalue weighted by molar-refractivity contribution is 9.10. The Morgan fingerprint density at radius 1 is 1.67 bits per heavy atom. The molecule has 0 saturated carbocycles. The summed E-state index contributed by atoms with van der Waals surface area (Å²) in [5, 5.41) is 0. The standard InChI is InChI=1S/C9H10BrNO/c1-2-7(12)6-9-8(10)4-3-5-11-9/h3-5H,2,6H2,1H3. The average Bonchev–Trinajstić information content (AvgIpc) is 2.09. The van der Waals surface area contributed by atoms with Crippen LogP contribution in [0.15, 0.2) is 22.8 Å². The number of carbonyl (C=O) groups excluding carboxylic acids is 1. The molecule has 1 aromatic rings. The molecule has 64 valence electrons. The van der Waals surface area contributed by atoms with E-state index >= 15 is 0 Å². The van der Waals surface area contributed by atoms with E-state index in [0.717, 1.165) is 10.2 Å². The zero-order chi connectivity index (χ0) is 8.97. The molecule has 0 N–H and O–H groups in total. The number of Topliss-reactive ketones (excluding diaryl/α,β-unsaturated/α-hetero) is 1. The second-order valence-electron chi connectivity index (χ2n) is 2.50. The van der Waals surface area contributed by atoms with Gasteiger partial charge >= 0.3 is 0 Å². The van der Waals surface area contributed by atoms with Gasteiger partial charge < -0.3 is 0 Å². The van der Waals surface area contributed by atoms with E-state index in [1.54, 1.807) is 6.20 Å². The first-order valence-corrected chi connectivity index (χ1v) is 4.64. The van der Waals surface area contributed by atoms with E-state index in [4.69, 9.17) is 0 Å². The van der Waals surface area contributed by atoms with Gasteiger partial charge in [-0.25, -0.2) is 0 Å². The summed E-state index contributed by atoms with van der Waals surface area (Å²) in [7, 11) is 0. The highest BCUT2D eigenvalue weighted by atomic mass is 79.9. The minimum atomic E-state index is 0.217. The topological polar surface area (TPSA) is 30.0 Å². The van der Waals surface area contributed by atoms with Gasteiger partial charge in [-0.05, 0) is 28.1 Å². The van der Waals surface area contributed by atoms with Crippen molar-refractivity contribution in [3.8, 4) is 0 Å². The lowest BCUT2D eigenvalue weighted by Gasteiger charge is -1.99. The summed E-state index contributed by atoms with van der Waals surface area (Å²) in [5.74, 6) is 0.217. The van der Waals surface area contributed by atoms with Gasteiger partial charge in [0.25, 0.3) is 0 Å². The Morgan fingerprint density at radius 2 is 2.42 bits per heavy atom. The minimum absolute atomic E-state index is 0.217. The number of aromatic nitrogens is 1. The quantitative estimate of drug-likeness (QED) is 0.794. The number of pyridine rings is 1. The van der Waals surface area contributed by atoms with Crippen LogP contribution >= 0.6 is 15.9 Å². The summed E-state index contributed by atoms with van der Waals surface area (Å²) >= 11 is 3.34. The van der Waals surface area contributed by atoms with Gasteiger partial charge in [0.2, 0.25) is 0 Å². The highest BCUT2D eigenvalue weighted by Gasteiger charge is 2.04. The summed E-state index contributed by atoms with van der Waals surface area (Å²) in [6.45, 7) is 1.86. The summed E-state index contributed by atoms with van der Waals surface area (Å²) in [6.07, 6.45) is 2.70. The molecule has 0 unspecified atom stereocenters. The zero-order valence-electron chi connectivity index (χ0n) is 6.88. The lowest BCUT2D eigenvalue weighted by atomic mass is 10.2. The van der Waals surface area contributed by atoms with Gasteiger partial charge in [0.15, 0.2) is 0 Å². The van der Waals surface area contributed by atoms with Crippen LogP contribution in [0.25, 0.3) is 0 Å². The molecule has 0 fully saturated rings. The van der Waals surface area contributed by atoms with Gasteiger partial charge in [0.05, 0.1) is 5.69 Å². The summed E-state index contributed by atoms with van der Waals surface area (Å²) in [6, 6.07) is 3.73.